The first kappa shape index (κ1) is 9.87. The molecule has 0 amide bonds. The van der Waals surface area contributed by atoms with Gasteiger partial charge in [0, 0.05) is 24.8 Å². The number of rotatable bonds is 0. The number of carbonyl (C=O) groups excluding carboxylic acids is 1. The van der Waals surface area contributed by atoms with E-state index in [4.69, 9.17) is 0 Å². The molecular formula is C11H4Br2OS. The Labute approximate surface area is 107 Å². The fourth-order valence-electron chi connectivity index (χ4n) is 1.79. The maximum atomic E-state index is 11.7. The van der Waals surface area contributed by atoms with E-state index in [1.165, 1.54) is 11.8 Å². The first-order chi connectivity index (χ1) is 7.18. The van der Waals surface area contributed by atoms with Gasteiger partial charge in [0.25, 0.3) is 0 Å². The van der Waals surface area contributed by atoms with Crippen LogP contribution in [0.2, 0.25) is 0 Å². The lowest BCUT2D eigenvalue weighted by Crippen LogP contribution is -1.85. The van der Waals surface area contributed by atoms with Gasteiger partial charge in [0.15, 0.2) is 0 Å². The van der Waals surface area contributed by atoms with E-state index >= 15 is 0 Å². The highest BCUT2D eigenvalue weighted by Gasteiger charge is 2.24. The molecule has 15 heavy (non-hydrogen) atoms. The Kier molecular flexibility index (Phi) is 2.20. The van der Waals surface area contributed by atoms with Crippen LogP contribution in [0.4, 0.5) is 0 Å². The molecule has 0 N–H and O–H groups in total. The van der Waals surface area contributed by atoms with Crippen molar-refractivity contribution in [3.8, 4) is 0 Å². The molecule has 0 spiro atoms. The van der Waals surface area contributed by atoms with Crippen LogP contribution < -0.4 is 0 Å². The highest BCUT2D eigenvalue weighted by Crippen LogP contribution is 2.45. The largest absolute Gasteiger partial charge is 0.281 e. The predicted molar refractivity (Wildman–Crippen MR) is 69.5 cm³/mol. The SMILES string of the molecule is O=C1Sc2cc(Br)c(Br)c3cccc1c23. The number of carbonyl (C=O) groups is 1. The summed E-state index contributed by atoms with van der Waals surface area (Å²) in [6, 6.07) is 7.82. The van der Waals surface area contributed by atoms with Gasteiger partial charge in [0.2, 0.25) is 5.12 Å². The van der Waals surface area contributed by atoms with Crippen molar-refractivity contribution in [1.82, 2.24) is 0 Å². The summed E-state index contributed by atoms with van der Waals surface area (Å²) in [5, 5.41) is 2.30. The normalized spacial score (nSPS) is 13.9. The molecule has 4 heteroatoms. The summed E-state index contributed by atoms with van der Waals surface area (Å²) in [6.07, 6.45) is 0. The van der Waals surface area contributed by atoms with E-state index in [9.17, 15) is 4.79 Å². The van der Waals surface area contributed by atoms with E-state index in [-0.39, 0.29) is 5.12 Å². The molecule has 1 aliphatic heterocycles. The second-order valence-electron chi connectivity index (χ2n) is 3.29. The molecule has 0 saturated heterocycles. The molecule has 2 aromatic carbocycles. The summed E-state index contributed by atoms with van der Waals surface area (Å²) in [7, 11) is 0. The van der Waals surface area contributed by atoms with Crippen molar-refractivity contribution in [2.45, 2.75) is 4.90 Å². The molecule has 1 aliphatic rings. The molecule has 0 aromatic heterocycles. The Balaban J connectivity index is 2.58. The van der Waals surface area contributed by atoms with Gasteiger partial charge in [-0.15, -0.1) is 0 Å². The van der Waals surface area contributed by atoms with Crippen LogP contribution in [0, 0.1) is 0 Å². The lowest BCUT2D eigenvalue weighted by atomic mass is 10.1. The Bertz CT molecular complexity index is 607. The minimum atomic E-state index is 0.139. The number of hydrogen-bond donors (Lipinski definition) is 0. The van der Waals surface area contributed by atoms with Gasteiger partial charge < -0.3 is 0 Å². The average molecular weight is 344 g/mol. The second kappa shape index (κ2) is 3.34. The molecule has 0 saturated carbocycles. The molecule has 74 valence electrons. The topological polar surface area (TPSA) is 17.1 Å². The summed E-state index contributed by atoms with van der Waals surface area (Å²) in [5.74, 6) is 0. The molecule has 0 radical (unpaired) electrons. The van der Waals surface area contributed by atoms with Gasteiger partial charge in [-0.1, -0.05) is 12.1 Å². The molecule has 3 rings (SSSR count). The molecule has 0 aliphatic carbocycles. The summed E-state index contributed by atoms with van der Waals surface area (Å²) >= 11 is 8.31. The highest BCUT2D eigenvalue weighted by atomic mass is 79.9. The third-order valence-corrected chi connectivity index (χ3v) is 5.40. The standard InChI is InChI=1S/C11H4Br2OS/c12-7-4-8-9-5(10(7)13)2-1-3-6(9)11(14)15-8/h1-4H. The molecular weight excluding hydrogens is 340 g/mol. The van der Waals surface area contributed by atoms with Crippen molar-refractivity contribution in [2.24, 2.45) is 0 Å². The Morgan fingerprint density at radius 1 is 1.20 bits per heavy atom. The number of halogens is 2. The van der Waals surface area contributed by atoms with E-state index in [1.807, 2.05) is 24.3 Å². The quantitative estimate of drug-likeness (QED) is 0.694. The molecule has 0 unspecified atom stereocenters. The second-order valence-corrected chi connectivity index (χ2v) is 5.95. The Morgan fingerprint density at radius 2 is 2.00 bits per heavy atom. The van der Waals surface area contributed by atoms with Crippen LogP contribution in [-0.2, 0) is 0 Å². The van der Waals surface area contributed by atoms with Crippen molar-refractivity contribution in [1.29, 1.82) is 0 Å². The first-order valence-corrected chi connectivity index (χ1v) is 6.71. The van der Waals surface area contributed by atoms with Crippen molar-refractivity contribution in [2.75, 3.05) is 0 Å². The van der Waals surface area contributed by atoms with Crippen LogP contribution in [0.3, 0.4) is 0 Å². The minimum absolute atomic E-state index is 0.139. The number of hydrogen-bond acceptors (Lipinski definition) is 2. The molecule has 0 bridgehead atoms. The molecule has 1 nitrogen and oxygen atoms in total. The van der Waals surface area contributed by atoms with Crippen LogP contribution >= 0.6 is 43.6 Å². The number of thioether (sulfide) groups is 1. The predicted octanol–water partition coefficient (Wildman–Crippen LogP) is 4.61. The average Bonchev–Trinajstić information content (AvgIpc) is 2.54. The van der Waals surface area contributed by atoms with Gasteiger partial charge in [-0.05, 0) is 61.1 Å². The van der Waals surface area contributed by atoms with Gasteiger partial charge in [-0.2, -0.15) is 0 Å². The zero-order chi connectivity index (χ0) is 10.6. The van der Waals surface area contributed by atoms with Gasteiger partial charge in [0.1, 0.15) is 0 Å². The molecule has 2 aromatic rings. The summed E-state index contributed by atoms with van der Waals surface area (Å²) < 4.78 is 2.00. The minimum Gasteiger partial charge on any atom is -0.281 e. The molecule has 0 fully saturated rings. The highest BCUT2D eigenvalue weighted by molar-refractivity contribution is 9.13. The van der Waals surface area contributed by atoms with Crippen LogP contribution in [-0.4, -0.2) is 5.12 Å². The van der Waals surface area contributed by atoms with Crippen LogP contribution in [0.15, 0.2) is 38.1 Å². The van der Waals surface area contributed by atoms with Gasteiger partial charge >= 0.3 is 0 Å². The molecule has 0 atom stereocenters. The van der Waals surface area contributed by atoms with E-state index in [1.54, 1.807) is 0 Å². The fourth-order valence-corrected chi connectivity index (χ4v) is 3.80. The lowest BCUT2D eigenvalue weighted by molar-refractivity contribution is 0.109. The first-order valence-electron chi connectivity index (χ1n) is 4.31. The van der Waals surface area contributed by atoms with Crippen molar-refractivity contribution >= 4 is 59.5 Å². The van der Waals surface area contributed by atoms with E-state index in [0.29, 0.717) is 0 Å². The molecule has 1 heterocycles. The van der Waals surface area contributed by atoms with Gasteiger partial charge in [0.05, 0.1) is 0 Å². The van der Waals surface area contributed by atoms with Crippen LogP contribution in [0.1, 0.15) is 10.4 Å². The summed E-state index contributed by atoms with van der Waals surface area (Å²) in [5.41, 5.74) is 0.820. The smallest absolute Gasteiger partial charge is 0.224 e. The zero-order valence-electron chi connectivity index (χ0n) is 7.38. The third-order valence-electron chi connectivity index (χ3n) is 2.44. The van der Waals surface area contributed by atoms with Crippen molar-refractivity contribution < 1.29 is 4.79 Å². The third kappa shape index (κ3) is 1.31. The maximum absolute atomic E-state index is 11.7. The van der Waals surface area contributed by atoms with Crippen molar-refractivity contribution in [3.05, 3.63) is 38.8 Å². The zero-order valence-corrected chi connectivity index (χ0v) is 11.4. The Morgan fingerprint density at radius 3 is 2.80 bits per heavy atom. The van der Waals surface area contributed by atoms with Crippen LogP contribution in [0.5, 0.6) is 0 Å². The van der Waals surface area contributed by atoms with Crippen LogP contribution in [0.25, 0.3) is 10.8 Å². The summed E-state index contributed by atoms with van der Waals surface area (Å²) in [6.45, 7) is 0. The van der Waals surface area contributed by atoms with E-state index in [2.05, 4.69) is 31.9 Å². The van der Waals surface area contributed by atoms with Gasteiger partial charge in [-0.25, -0.2) is 0 Å². The van der Waals surface area contributed by atoms with Crippen molar-refractivity contribution in [3.63, 3.8) is 0 Å². The summed E-state index contributed by atoms with van der Waals surface area (Å²) in [4.78, 5) is 12.7. The van der Waals surface area contributed by atoms with Gasteiger partial charge in [-0.3, -0.25) is 4.79 Å². The number of benzene rings is 2. The monoisotopic (exact) mass is 342 g/mol. The van der Waals surface area contributed by atoms with E-state index < -0.39 is 0 Å². The fraction of sp³-hybridized carbons (Fsp3) is 0. The lowest BCUT2D eigenvalue weighted by Gasteiger charge is -2.04. The van der Waals surface area contributed by atoms with E-state index in [0.717, 1.165) is 30.2 Å². The maximum Gasteiger partial charge on any atom is 0.224 e. The Hall–Kier alpha value is -0.320.